The van der Waals surface area contributed by atoms with Gasteiger partial charge >= 0.3 is 0 Å². The van der Waals surface area contributed by atoms with Gasteiger partial charge in [0.2, 0.25) is 0 Å². The highest BCUT2D eigenvalue weighted by Gasteiger charge is 2.49. The molecule has 29 heavy (non-hydrogen) atoms. The largest absolute Gasteiger partial charge is 0.382 e. The number of carbonyl (C=O) groups excluding carboxylic acids is 1. The molecule has 5 heteroatoms. The minimum Gasteiger partial charge on any atom is -0.382 e. The summed E-state index contributed by atoms with van der Waals surface area (Å²) in [6.45, 7) is 7.60. The molecule has 0 spiro atoms. The molecule has 3 rings (SSSR count). The minimum atomic E-state index is -1.16. The molecule has 2 aliphatic rings. The molecule has 5 nitrogen and oxygen atoms in total. The summed E-state index contributed by atoms with van der Waals surface area (Å²) < 4.78 is 5.37. The van der Waals surface area contributed by atoms with E-state index in [0.29, 0.717) is 19.1 Å². The molecule has 0 bridgehead atoms. The van der Waals surface area contributed by atoms with E-state index < -0.39 is 11.0 Å². The van der Waals surface area contributed by atoms with E-state index in [-0.39, 0.29) is 0 Å². The van der Waals surface area contributed by atoms with Crippen molar-refractivity contribution in [2.75, 3.05) is 20.3 Å². The van der Waals surface area contributed by atoms with Gasteiger partial charge in [-0.3, -0.25) is 9.80 Å². The Morgan fingerprint density at radius 3 is 2.86 bits per heavy atom. The fourth-order valence-electron chi connectivity index (χ4n) is 4.37. The maximum atomic E-state index is 11.8. The second-order valence-electron chi connectivity index (χ2n) is 8.71. The molecule has 1 aromatic carbocycles. The van der Waals surface area contributed by atoms with E-state index in [1.54, 1.807) is 7.11 Å². The lowest BCUT2D eigenvalue weighted by Gasteiger charge is -2.46. The maximum absolute atomic E-state index is 11.8. The van der Waals surface area contributed by atoms with Crippen molar-refractivity contribution in [3.8, 4) is 0 Å². The Bertz CT molecular complexity index is 840. The molecule has 1 aliphatic carbocycles. The van der Waals surface area contributed by atoms with Crippen molar-refractivity contribution < 1.29 is 14.6 Å². The van der Waals surface area contributed by atoms with Crippen LogP contribution in [0.4, 0.5) is 0 Å². The molecule has 2 unspecified atom stereocenters. The lowest BCUT2D eigenvalue weighted by atomic mass is 9.62. The molecule has 1 fully saturated rings. The first-order chi connectivity index (χ1) is 13.8. The Morgan fingerprint density at radius 1 is 1.38 bits per heavy atom. The van der Waals surface area contributed by atoms with Gasteiger partial charge in [-0.05, 0) is 43.1 Å². The standard InChI is InChI=1S/C24H32N2O3/c1-18(12-15-27)11-13-24(28)21-10-6-5-9-20(21)22(16-23(24,2)3)25-26-14-7-8-19(26)17-29-4/h5-6,9-13,15,19,28H,7-8,14,16-17H2,1-4H3. The maximum Gasteiger partial charge on any atom is 0.143 e. The number of rotatable bonds is 6. The average Bonchev–Trinajstić information content (AvgIpc) is 3.12. The molecule has 2 atom stereocenters. The van der Waals surface area contributed by atoms with Crippen molar-refractivity contribution in [3.63, 3.8) is 0 Å². The van der Waals surface area contributed by atoms with Crippen molar-refractivity contribution >= 4 is 12.0 Å². The molecular weight excluding hydrogens is 364 g/mol. The second-order valence-corrected chi connectivity index (χ2v) is 8.71. The second kappa shape index (κ2) is 8.64. The van der Waals surface area contributed by atoms with Crippen LogP contribution in [-0.2, 0) is 15.1 Å². The van der Waals surface area contributed by atoms with Crippen LogP contribution in [0.1, 0.15) is 51.2 Å². The summed E-state index contributed by atoms with van der Waals surface area (Å²) in [5, 5.41) is 19.0. The number of benzene rings is 1. The summed E-state index contributed by atoms with van der Waals surface area (Å²) in [5.41, 5.74) is 2.03. The van der Waals surface area contributed by atoms with E-state index in [9.17, 15) is 9.90 Å². The molecule has 1 aliphatic heterocycles. The normalized spacial score (nSPS) is 28.2. The van der Waals surface area contributed by atoms with Crippen molar-refractivity contribution in [1.82, 2.24) is 5.01 Å². The SMILES string of the molecule is COCC1CCCN1N=C1CC(C)(C)C(O)(C=CC(C)=CC=O)c2ccccc21. The Morgan fingerprint density at radius 2 is 2.14 bits per heavy atom. The van der Waals surface area contributed by atoms with Crippen LogP contribution in [0, 0.1) is 5.41 Å². The van der Waals surface area contributed by atoms with Gasteiger partial charge in [-0.2, -0.15) is 5.10 Å². The van der Waals surface area contributed by atoms with Gasteiger partial charge in [0.15, 0.2) is 0 Å². The third-order valence-corrected chi connectivity index (χ3v) is 6.16. The monoisotopic (exact) mass is 396 g/mol. The zero-order valence-electron chi connectivity index (χ0n) is 17.9. The third kappa shape index (κ3) is 4.21. The number of nitrogens with zero attached hydrogens (tertiary/aromatic N) is 2. The molecule has 0 amide bonds. The summed E-state index contributed by atoms with van der Waals surface area (Å²) >= 11 is 0. The molecule has 1 heterocycles. The van der Waals surface area contributed by atoms with Gasteiger partial charge in [0, 0.05) is 31.1 Å². The Labute approximate surface area is 173 Å². The van der Waals surface area contributed by atoms with Crippen molar-refractivity contribution in [2.24, 2.45) is 10.5 Å². The number of fused-ring (bicyclic) bond motifs is 1. The van der Waals surface area contributed by atoms with Gasteiger partial charge in [-0.1, -0.05) is 44.2 Å². The van der Waals surface area contributed by atoms with E-state index in [4.69, 9.17) is 9.84 Å². The number of aliphatic hydroxyl groups is 1. The first-order valence-electron chi connectivity index (χ1n) is 10.3. The number of hydrogen-bond donors (Lipinski definition) is 1. The van der Waals surface area contributed by atoms with Gasteiger partial charge in [0.1, 0.15) is 11.9 Å². The van der Waals surface area contributed by atoms with Crippen molar-refractivity contribution in [3.05, 3.63) is 59.2 Å². The highest BCUT2D eigenvalue weighted by atomic mass is 16.5. The summed E-state index contributed by atoms with van der Waals surface area (Å²) in [6, 6.07) is 8.27. The van der Waals surface area contributed by atoms with Crippen LogP contribution in [-0.4, -0.2) is 48.4 Å². The van der Waals surface area contributed by atoms with Gasteiger partial charge < -0.3 is 9.84 Å². The van der Waals surface area contributed by atoms with Crippen LogP contribution in [0.3, 0.4) is 0 Å². The molecule has 1 saturated heterocycles. The molecule has 0 radical (unpaired) electrons. The molecule has 0 aromatic heterocycles. The van der Waals surface area contributed by atoms with Crippen LogP contribution in [0.25, 0.3) is 0 Å². The highest BCUT2D eigenvalue weighted by Crippen LogP contribution is 2.49. The average molecular weight is 397 g/mol. The summed E-state index contributed by atoms with van der Waals surface area (Å²) in [5.74, 6) is 0. The Balaban J connectivity index is 2.05. The molecule has 1 N–H and O–H groups in total. The zero-order chi connectivity index (χ0) is 21.1. The molecule has 1 aromatic rings. The minimum absolute atomic E-state index is 0.305. The first kappa shape index (κ1) is 21.5. The topological polar surface area (TPSA) is 62.1 Å². The quantitative estimate of drug-likeness (QED) is 0.451. The highest BCUT2D eigenvalue weighted by molar-refractivity contribution is 6.03. The molecule has 156 valence electrons. The first-order valence-corrected chi connectivity index (χ1v) is 10.3. The lowest BCUT2D eigenvalue weighted by molar-refractivity contribution is -0.104. The number of methoxy groups -OCH3 is 1. The predicted octanol–water partition coefficient (Wildman–Crippen LogP) is 3.82. The number of hydrogen-bond acceptors (Lipinski definition) is 5. The smallest absolute Gasteiger partial charge is 0.143 e. The van der Waals surface area contributed by atoms with E-state index >= 15 is 0 Å². The Kier molecular flexibility index (Phi) is 6.39. The van der Waals surface area contributed by atoms with Gasteiger partial charge in [0.25, 0.3) is 0 Å². The lowest BCUT2D eigenvalue weighted by Crippen LogP contribution is -2.47. The summed E-state index contributed by atoms with van der Waals surface area (Å²) in [7, 11) is 1.73. The summed E-state index contributed by atoms with van der Waals surface area (Å²) in [4.78, 5) is 10.8. The number of carbonyl (C=O) groups is 1. The van der Waals surface area contributed by atoms with Gasteiger partial charge in [-0.25, -0.2) is 0 Å². The van der Waals surface area contributed by atoms with Crippen molar-refractivity contribution in [1.29, 1.82) is 0 Å². The fraction of sp³-hybridized carbons (Fsp3) is 0.500. The molecular formula is C24H32N2O3. The van der Waals surface area contributed by atoms with Crippen LogP contribution in [0.15, 0.2) is 53.2 Å². The van der Waals surface area contributed by atoms with E-state index in [1.807, 2.05) is 43.3 Å². The van der Waals surface area contributed by atoms with E-state index in [1.165, 1.54) is 6.08 Å². The number of aldehydes is 1. The Hall–Kier alpha value is -2.24. The summed E-state index contributed by atoms with van der Waals surface area (Å²) in [6.07, 6.45) is 8.76. The van der Waals surface area contributed by atoms with Crippen LogP contribution in [0.2, 0.25) is 0 Å². The van der Waals surface area contributed by atoms with Crippen LogP contribution in [0.5, 0.6) is 0 Å². The molecule has 0 saturated carbocycles. The number of ether oxygens (including phenoxy) is 1. The van der Waals surface area contributed by atoms with Gasteiger partial charge in [-0.15, -0.1) is 0 Å². The zero-order valence-corrected chi connectivity index (χ0v) is 17.9. The van der Waals surface area contributed by atoms with E-state index in [0.717, 1.165) is 48.1 Å². The third-order valence-electron chi connectivity index (χ3n) is 6.16. The van der Waals surface area contributed by atoms with Crippen LogP contribution < -0.4 is 0 Å². The number of hydrazone groups is 1. The van der Waals surface area contributed by atoms with E-state index in [2.05, 4.69) is 18.9 Å². The van der Waals surface area contributed by atoms with Crippen molar-refractivity contribution in [2.45, 2.75) is 51.7 Å². The predicted molar refractivity (Wildman–Crippen MR) is 116 cm³/mol. The number of allylic oxidation sites excluding steroid dienone is 3. The van der Waals surface area contributed by atoms with Crippen LogP contribution >= 0.6 is 0 Å². The fourth-order valence-corrected chi connectivity index (χ4v) is 4.37. The van der Waals surface area contributed by atoms with Gasteiger partial charge in [0.05, 0.1) is 18.4 Å².